The Hall–Kier alpha value is -2.69. The molecule has 1 aliphatic rings. The number of hydrogen-bond donors (Lipinski definition) is 0. The third kappa shape index (κ3) is 3.01. The Morgan fingerprint density at radius 1 is 1.15 bits per heavy atom. The minimum atomic E-state index is -0.948. The number of ether oxygens (including phenoxy) is 2. The zero-order chi connectivity index (χ0) is 19.1. The van der Waals surface area contributed by atoms with Crippen molar-refractivity contribution in [1.29, 1.82) is 0 Å². The summed E-state index contributed by atoms with van der Waals surface area (Å²) in [5, 5.41) is 0.599. The van der Waals surface area contributed by atoms with Gasteiger partial charge in [0.05, 0.1) is 7.11 Å². The van der Waals surface area contributed by atoms with Crippen LogP contribution >= 0.6 is 0 Å². The second-order valence-corrected chi connectivity index (χ2v) is 7.26. The molecule has 2 aromatic carbocycles. The van der Waals surface area contributed by atoms with Gasteiger partial charge in [-0.3, -0.25) is 0 Å². The normalized spacial score (nSPS) is 18.6. The highest BCUT2D eigenvalue weighted by molar-refractivity contribution is 5.83. The van der Waals surface area contributed by atoms with Crippen molar-refractivity contribution in [3.05, 3.63) is 65.2 Å². The van der Waals surface area contributed by atoms with Crippen molar-refractivity contribution in [1.82, 2.24) is 4.98 Å². The summed E-state index contributed by atoms with van der Waals surface area (Å²) in [5.41, 5.74) is 2.01. The quantitative estimate of drug-likeness (QED) is 0.628. The molecule has 0 bridgehead atoms. The van der Waals surface area contributed by atoms with Crippen molar-refractivity contribution in [2.75, 3.05) is 7.11 Å². The van der Waals surface area contributed by atoms with Gasteiger partial charge in [-0.2, -0.15) is 0 Å². The largest absolute Gasteiger partial charge is 0.489 e. The van der Waals surface area contributed by atoms with Gasteiger partial charge in [-0.1, -0.05) is 32.0 Å². The molecule has 3 nitrogen and oxygen atoms in total. The molecule has 5 heteroatoms. The van der Waals surface area contributed by atoms with Crippen LogP contribution in [0.1, 0.15) is 30.9 Å². The fraction of sp³-hybridized carbons (Fsp3) is 0.318. The first-order valence-electron chi connectivity index (χ1n) is 9.06. The Morgan fingerprint density at radius 3 is 2.67 bits per heavy atom. The monoisotopic (exact) mass is 369 g/mol. The van der Waals surface area contributed by atoms with E-state index in [9.17, 15) is 8.78 Å². The lowest BCUT2D eigenvalue weighted by Crippen LogP contribution is -2.26. The fourth-order valence-corrected chi connectivity index (χ4v) is 3.91. The lowest BCUT2D eigenvalue weighted by atomic mass is 9.84. The average molecular weight is 369 g/mol. The van der Waals surface area contributed by atoms with Crippen LogP contribution in [0.4, 0.5) is 8.78 Å². The lowest BCUT2D eigenvalue weighted by Gasteiger charge is -2.23. The maximum Gasteiger partial charge on any atom is 0.213 e. The summed E-state index contributed by atoms with van der Waals surface area (Å²) < 4.78 is 39.5. The Morgan fingerprint density at radius 2 is 1.93 bits per heavy atom. The molecule has 0 saturated heterocycles. The number of halogens is 2. The molecule has 2 atom stereocenters. The zero-order valence-corrected chi connectivity index (χ0v) is 15.5. The summed E-state index contributed by atoms with van der Waals surface area (Å²) in [6.07, 6.45) is 0.641. The van der Waals surface area contributed by atoms with E-state index in [4.69, 9.17) is 9.47 Å². The fourth-order valence-electron chi connectivity index (χ4n) is 3.91. The van der Waals surface area contributed by atoms with Gasteiger partial charge in [0.25, 0.3) is 0 Å². The van der Waals surface area contributed by atoms with Crippen molar-refractivity contribution >= 4 is 10.9 Å². The molecule has 3 aromatic rings. The number of fused-ring (bicyclic) bond motifs is 2. The summed E-state index contributed by atoms with van der Waals surface area (Å²) >= 11 is 0. The van der Waals surface area contributed by atoms with E-state index in [1.165, 1.54) is 7.11 Å². The van der Waals surface area contributed by atoms with Gasteiger partial charge in [-0.05, 0) is 36.1 Å². The third-order valence-electron chi connectivity index (χ3n) is 5.22. The molecular weight excluding hydrogens is 348 g/mol. The van der Waals surface area contributed by atoms with E-state index < -0.39 is 11.6 Å². The van der Waals surface area contributed by atoms with Crippen LogP contribution in [-0.4, -0.2) is 18.2 Å². The maximum atomic E-state index is 14.3. The number of benzene rings is 2. The minimum Gasteiger partial charge on any atom is -0.489 e. The summed E-state index contributed by atoms with van der Waals surface area (Å²) in [6, 6.07) is 12.5. The maximum absolute atomic E-state index is 14.3. The molecular formula is C22H21F2NO2. The van der Waals surface area contributed by atoms with E-state index in [1.54, 1.807) is 12.1 Å². The molecule has 0 spiro atoms. The average Bonchev–Trinajstić information content (AvgIpc) is 3.03. The molecule has 1 aromatic heterocycles. The van der Waals surface area contributed by atoms with Crippen molar-refractivity contribution < 1.29 is 18.3 Å². The number of pyridine rings is 1. The predicted molar refractivity (Wildman–Crippen MR) is 100 cm³/mol. The highest BCUT2D eigenvalue weighted by Gasteiger charge is 2.36. The molecule has 0 fully saturated rings. The minimum absolute atomic E-state index is 0.00218. The summed E-state index contributed by atoms with van der Waals surface area (Å²) in [7, 11) is 1.47. The number of aromatic nitrogens is 1. The molecule has 0 aliphatic carbocycles. The van der Waals surface area contributed by atoms with Gasteiger partial charge in [0.1, 0.15) is 17.4 Å². The van der Waals surface area contributed by atoms with E-state index in [2.05, 4.69) is 24.9 Å². The molecule has 140 valence electrons. The zero-order valence-electron chi connectivity index (χ0n) is 15.5. The van der Waals surface area contributed by atoms with Crippen LogP contribution in [0.15, 0.2) is 42.5 Å². The van der Waals surface area contributed by atoms with Crippen LogP contribution in [0.5, 0.6) is 11.6 Å². The second kappa shape index (κ2) is 6.80. The Bertz CT molecular complexity index is 1000. The van der Waals surface area contributed by atoms with Crippen molar-refractivity contribution in [3.8, 4) is 11.6 Å². The third-order valence-corrected chi connectivity index (χ3v) is 5.22. The SMILES string of the molecule is COc1cc(CC2c3ccccc3OC2C(C)C)c2ccc(F)c(F)c2n1. The van der Waals surface area contributed by atoms with Gasteiger partial charge in [0, 0.05) is 22.9 Å². The molecule has 1 aliphatic heterocycles. The van der Waals surface area contributed by atoms with Gasteiger partial charge < -0.3 is 9.47 Å². The van der Waals surface area contributed by atoms with Gasteiger partial charge in [0.2, 0.25) is 5.88 Å². The van der Waals surface area contributed by atoms with Gasteiger partial charge in [-0.25, -0.2) is 13.8 Å². The van der Waals surface area contributed by atoms with Gasteiger partial charge >= 0.3 is 0 Å². The second-order valence-electron chi connectivity index (χ2n) is 7.26. The summed E-state index contributed by atoms with van der Waals surface area (Å²) in [4.78, 5) is 4.12. The Kier molecular flexibility index (Phi) is 4.46. The highest BCUT2D eigenvalue weighted by Crippen LogP contribution is 2.43. The van der Waals surface area contributed by atoms with Crippen LogP contribution < -0.4 is 9.47 Å². The van der Waals surface area contributed by atoms with Crippen LogP contribution in [0.2, 0.25) is 0 Å². The lowest BCUT2D eigenvalue weighted by molar-refractivity contribution is 0.152. The van der Waals surface area contributed by atoms with E-state index in [0.717, 1.165) is 22.9 Å². The molecule has 27 heavy (non-hydrogen) atoms. The van der Waals surface area contributed by atoms with Crippen molar-refractivity contribution in [3.63, 3.8) is 0 Å². The molecule has 2 heterocycles. The molecule has 0 amide bonds. The smallest absolute Gasteiger partial charge is 0.213 e. The van der Waals surface area contributed by atoms with E-state index in [1.807, 2.05) is 18.2 Å². The number of methoxy groups -OCH3 is 1. The van der Waals surface area contributed by atoms with Gasteiger partial charge in [0.15, 0.2) is 11.6 Å². The van der Waals surface area contributed by atoms with Crippen LogP contribution in [0, 0.1) is 17.6 Å². The molecule has 0 radical (unpaired) electrons. The number of para-hydroxylation sites is 1. The number of nitrogens with zero attached hydrogens (tertiary/aromatic N) is 1. The number of rotatable bonds is 4. The van der Waals surface area contributed by atoms with Crippen molar-refractivity contribution in [2.45, 2.75) is 32.3 Å². The van der Waals surface area contributed by atoms with E-state index in [0.29, 0.717) is 17.7 Å². The predicted octanol–water partition coefficient (Wildman–Crippen LogP) is 5.26. The van der Waals surface area contributed by atoms with E-state index >= 15 is 0 Å². The molecule has 0 saturated carbocycles. The van der Waals surface area contributed by atoms with Crippen molar-refractivity contribution in [2.24, 2.45) is 5.92 Å². The molecule has 4 rings (SSSR count). The Balaban J connectivity index is 1.84. The Labute approximate surface area is 156 Å². The highest BCUT2D eigenvalue weighted by atomic mass is 19.2. The standard InChI is InChI=1S/C22H21F2NO2/c1-12(2)22-16(15-6-4-5-7-18(15)27-22)10-13-11-19(26-3)25-21-14(13)8-9-17(23)20(21)24/h4-9,11-12,16,22H,10H2,1-3H3. The molecule has 0 N–H and O–H groups in total. The number of hydrogen-bond acceptors (Lipinski definition) is 3. The van der Waals surface area contributed by atoms with Crippen LogP contribution in [-0.2, 0) is 6.42 Å². The van der Waals surface area contributed by atoms with Gasteiger partial charge in [-0.15, -0.1) is 0 Å². The first-order valence-corrected chi connectivity index (χ1v) is 9.06. The summed E-state index contributed by atoms with van der Waals surface area (Å²) in [6.45, 7) is 4.26. The van der Waals surface area contributed by atoms with Crippen LogP contribution in [0.3, 0.4) is 0 Å². The first-order chi connectivity index (χ1) is 13.0. The summed E-state index contributed by atoms with van der Waals surface area (Å²) in [5.74, 6) is -0.268. The molecule has 2 unspecified atom stereocenters. The first kappa shape index (κ1) is 17.7. The van der Waals surface area contributed by atoms with E-state index in [-0.39, 0.29) is 23.4 Å². The topological polar surface area (TPSA) is 31.4 Å². The van der Waals surface area contributed by atoms with Crippen LogP contribution in [0.25, 0.3) is 10.9 Å².